The lowest BCUT2D eigenvalue weighted by atomic mass is 10.1. The molecule has 1 N–H and O–H groups in total. The molecule has 0 aliphatic carbocycles. The number of carbonyl (C=O) groups is 1. The van der Waals surface area contributed by atoms with Crippen LogP contribution in [-0.2, 0) is 11.3 Å². The molecule has 0 aliphatic heterocycles. The average Bonchev–Trinajstić information content (AvgIpc) is 2.54. The Morgan fingerprint density at radius 3 is 2.73 bits per heavy atom. The largest absolute Gasteiger partial charge is 0.376 e. The summed E-state index contributed by atoms with van der Waals surface area (Å²) in [5.41, 5.74) is 3.67. The Labute approximate surface area is 131 Å². The molecule has 0 saturated carbocycles. The maximum Gasteiger partial charge on any atom is 0.241 e. The van der Waals surface area contributed by atoms with E-state index in [0.29, 0.717) is 12.1 Å². The van der Waals surface area contributed by atoms with Gasteiger partial charge < -0.3 is 10.2 Å². The minimum absolute atomic E-state index is 0.00520. The second kappa shape index (κ2) is 7.28. The van der Waals surface area contributed by atoms with Crippen molar-refractivity contribution < 1.29 is 4.79 Å². The zero-order chi connectivity index (χ0) is 15.9. The molecule has 0 radical (unpaired) electrons. The molecule has 2 rings (SSSR count). The number of rotatable bonds is 5. The van der Waals surface area contributed by atoms with Crippen LogP contribution in [0.2, 0.25) is 0 Å². The summed E-state index contributed by atoms with van der Waals surface area (Å²) in [6.07, 6.45) is 0. The summed E-state index contributed by atoms with van der Waals surface area (Å²) in [4.78, 5) is 13.9. The molecule has 0 atom stereocenters. The Hall–Kier alpha value is -2.80. The van der Waals surface area contributed by atoms with Crippen LogP contribution in [0.5, 0.6) is 0 Å². The van der Waals surface area contributed by atoms with Crippen LogP contribution in [0.4, 0.5) is 5.69 Å². The van der Waals surface area contributed by atoms with Crippen LogP contribution in [0, 0.1) is 18.3 Å². The van der Waals surface area contributed by atoms with Crippen molar-refractivity contribution in [3.05, 3.63) is 65.2 Å². The number of hydrogen-bond donors (Lipinski definition) is 1. The average molecular weight is 293 g/mol. The molecule has 4 heteroatoms. The maximum absolute atomic E-state index is 12.2. The zero-order valence-corrected chi connectivity index (χ0v) is 12.8. The molecule has 0 aliphatic rings. The first-order chi connectivity index (χ1) is 10.6. The third-order valence-electron chi connectivity index (χ3n) is 3.53. The summed E-state index contributed by atoms with van der Waals surface area (Å²) in [5, 5.41) is 11.9. The monoisotopic (exact) mass is 293 g/mol. The molecule has 2 aromatic rings. The highest BCUT2D eigenvalue weighted by Crippen LogP contribution is 2.11. The lowest BCUT2D eigenvalue weighted by Crippen LogP contribution is -2.32. The fourth-order valence-electron chi connectivity index (χ4n) is 2.14. The van der Waals surface area contributed by atoms with Gasteiger partial charge in [-0.1, -0.05) is 30.3 Å². The van der Waals surface area contributed by atoms with Crippen LogP contribution >= 0.6 is 0 Å². The van der Waals surface area contributed by atoms with Gasteiger partial charge in [0.15, 0.2) is 0 Å². The fourth-order valence-corrected chi connectivity index (χ4v) is 2.14. The summed E-state index contributed by atoms with van der Waals surface area (Å²) in [7, 11) is 1.79. The summed E-state index contributed by atoms with van der Waals surface area (Å²) in [6, 6.07) is 17.2. The van der Waals surface area contributed by atoms with Crippen molar-refractivity contribution in [2.24, 2.45) is 0 Å². The SMILES string of the molecule is Cc1ccccc1CN(C)C(=O)CNc1cccc(C#N)c1. The molecular weight excluding hydrogens is 274 g/mol. The summed E-state index contributed by atoms with van der Waals surface area (Å²) < 4.78 is 0. The summed E-state index contributed by atoms with van der Waals surface area (Å²) in [5.74, 6) is 0.00520. The number of benzene rings is 2. The molecule has 0 saturated heterocycles. The standard InChI is InChI=1S/C18H19N3O/c1-14-6-3-4-8-16(14)13-21(2)18(22)12-20-17-9-5-7-15(10-17)11-19/h3-10,20H,12-13H2,1-2H3. The first-order valence-electron chi connectivity index (χ1n) is 7.12. The van der Waals surface area contributed by atoms with Gasteiger partial charge in [0.05, 0.1) is 18.2 Å². The minimum atomic E-state index is 0.00520. The topological polar surface area (TPSA) is 56.1 Å². The van der Waals surface area contributed by atoms with E-state index >= 15 is 0 Å². The highest BCUT2D eigenvalue weighted by atomic mass is 16.2. The van der Waals surface area contributed by atoms with Crippen LogP contribution < -0.4 is 5.32 Å². The van der Waals surface area contributed by atoms with Gasteiger partial charge in [0.25, 0.3) is 0 Å². The molecule has 112 valence electrons. The molecule has 0 fully saturated rings. The Kier molecular flexibility index (Phi) is 5.16. The third-order valence-corrected chi connectivity index (χ3v) is 3.53. The summed E-state index contributed by atoms with van der Waals surface area (Å²) in [6.45, 7) is 2.84. The normalized spacial score (nSPS) is 9.86. The van der Waals surface area contributed by atoms with Crippen molar-refractivity contribution in [2.75, 3.05) is 18.9 Å². The van der Waals surface area contributed by atoms with Gasteiger partial charge in [-0.15, -0.1) is 0 Å². The van der Waals surface area contributed by atoms with E-state index in [2.05, 4.69) is 11.4 Å². The van der Waals surface area contributed by atoms with Crippen LogP contribution in [0.1, 0.15) is 16.7 Å². The molecule has 0 aromatic heterocycles. The van der Waals surface area contributed by atoms with Gasteiger partial charge in [-0.05, 0) is 36.2 Å². The fraction of sp³-hybridized carbons (Fsp3) is 0.222. The van der Waals surface area contributed by atoms with Crippen LogP contribution in [0.15, 0.2) is 48.5 Å². The molecule has 2 aromatic carbocycles. The minimum Gasteiger partial charge on any atom is -0.376 e. The number of likely N-dealkylation sites (N-methyl/N-ethyl adjacent to an activating group) is 1. The van der Waals surface area contributed by atoms with Crippen LogP contribution in [0.25, 0.3) is 0 Å². The van der Waals surface area contributed by atoms with Crippen molar-refractivity contribution in [3.63, 3.8) is 0 Å². The molecule has 22 heavy (non-hydrogen) atoms. The first-order valence-corrected chi connectivity index (χ1v) is 7.12. The van der Waals surface area contributed by atoms with Crippen molar-refractivity contribution >= 4 is 11.6 Å². The smallest absolute Gasteiger partial charge is 0.241 e. The lowest BCUT2D eigenvalue weighted by Gasteiger charge is -2.19. The lowest BCUT2D eigenvalue weighted by molar-refractivity contribution is -0.128. The molecular formula is C18H19N3O. The number of nitrogens with one attached hydrogen (secondary N) is 1. The van der Waals surface area contributed by atoms with Gasteiger partial charge in [0, 0.05) is 19.3 Å². The Bertz CT molecular complexity index is 703. The molecule has 0 unspecified atom stereocenters. The van der Waals surface area contributed by atoms with Crippen molar-refractivity contribution in [2.45, 2.75) is 13.5 Å². The Morgan fingerprint density at radius 1 is 1.23 bits per heavy atom. The second-order valence-electron chi connectivity index (χ2n) is 5.22. The summed E-state index contributed by atoms with van der Waals surface area (Å²) >= 11 is 0. The van der Waals surface area contributed by atoms with E-state index in [9.17, 15) is 4.79 Å². The van der Waals surface area contributed by atoms with Gasteiger partial charge in [0.1, 0.15) is 0 Å². The molecule has 1 amide bonds. The highest BCUT2D eigenvalue weighted by Gasteiger charge is 2.10. The van der Waals surface area contributed by atoms with Gasteiger partial charge in [-0.25, -0.2) is 0 Å². The predicted octanol–water partition coefficient (Wildman–Crippen LogP) is 2.94. The molecule has 0 bridgehead atoms. The van der Waals surface area contributed by atoms with Crippen molar-refractivity contribution in [1.82, 2.24) is 4.90 Å². The highest BCUT2D eigenvalue weighted by molar-refractivity contribution is 5.80. The number of nitrogens with zero attached hydrogens (tertiary/aromatic N) is 2. The molecule has 0 heterocycles. The number of amides is 1. The van der Waals surface area contributed by atoms with Gasteiger partial charge in [-0.3, -0.25) is 4.79 Å². The van der Waals surface area contributed by atoms with Crippen LogP contribution in [0.3, 0.4) is 0 Å². The Balaban J connectivity index is 1.91. The van der Waals surface area contributed by atoms with E-state index in [1.165, 1.54) is 5.56 Å². The van der Waals surface area contributed by atoms with Crippen molar-refractivity contribution in [3.8, 4) is 6.07 Å². The van der Waals surface area contributed by atoms with Crippen molar-refractivity contribution in [1.29, 1.82) is 5.26 Å². The van der Waals surface area contributed by atoms with Gasteiger partial charge in [-0.2, -0.15) is 5.26 Å². The quantitative estimate of drug-likeness (QED) is 0.922. The zero-order valence-electron chi connectivity index (χ0n) is 12.8. The van der Waals surface area contributed by atoms with E-state index in [1.54, 1.807) is 30.1 Å². The molecule has 0 spiro atoms. The van der Waals surface area contributed by atoms with E-state index in [-0.39, 0.29) is 12.5 Å². The number of carbonyl (C=O) groups excluding carboxylic acids is 1. The van der Waals surface area contributed by atoms with E-state index in [0.717, 1.165) is 11.3 Å². The third kappa shape index (κ3) is 4.10. The van der Waals surface area contributed by atoms with E-state index in [1.807, 2.05) is 37.3 Å². The molecule has 4 nitrogen and oxygen atoms in total. The van der Waals surface area contributed by atoms with E-state index in [4.69, 9.17) is 5.26 Å². The predicted molar refractivity (Wildman–Crippen MR) is 87.3 cm³/mol. The van der Waals surface area contributed by atoms with Crippen LogP contribution in [-0.4, -0.2) is 24.4 Å². The number of anilines is 1. The maximum atomic E-state index is 12.2. The van der Waals surface area contributed by atoms with E-state index < -0.39 is 0 Å². The van der Waals surface area contributed by atoms with Gasteiger partial charge in [0.2, 0.25) is 5.91 Å². The second-order valence-corrected chi connectivity index (χ2v) is 5.22. The number of nitriles is 1. The number of hydrogen-bond acceptors (Lipinski definition) is 3. The number of aryl methyl sites for hydroxylation is 1. The Morgan fingerprint density at radius 2 is 2.00 bits per heavy atom. The first kappa shape index (κ1) is 15.6. The van der Waals surface area contributed by atoms with Gasteiger partial charge >= 0.3 is 0 Å².